The Morgan fingerprint density at radius 2 is 1.62 bits per heavy atom. The van der Waals surface area contributed by atoms with Gasteiger partial charge in [-0.15, -0.1) is 0 Å². The SMILES string of the molecule is Cc1cc(C)c(NC(=O)[C@H]2CCCN2C(=O)NC2CCCCC2)c(C)c1. The van der Waals surface area contributed by atoms with Crippen LogP contribution in [0.25, 0.3) is 0 Å². The lowest BCUT2D eigenvalue weighted by atomic mass is 9.96. The van der Waals surface area contributed by atoms with Crippen LogP contribution in [0.1, 0.15) is 61.6 Å². The third-order valence-corrected chi connectivity index (χ3v) is 5.67. The van der Waals surface area contributed by atoms with Crippen LogP contribution in [0.4, 0.5) is 10.5 Å². The number of nitrogens with zero attached hydrogens (tertiary/aromatic N) is 1. The largest absolute Gasteiger partial charge is 0.335 e. The minimum atomic E-state index is -0.376. The first-order chi connectivity index (χ1) is 12.5. The summed E-state index contributed by atoms with van der Waals surface area (Å²) in [5, 5.41) is 6.22. The van der Waals surface area contributed by atoms with Crippen LogP contribution in [0, 0.1) is 20.8 Å². The highest BCUT2D eigenvalue weighted by Crippen LogP contribution is 2.25. The van der Waals surface area contributed by atoms with Gasteiger partial charge < -0.3 is 15.5 Å². The molecule has 1 atom stereocenters. The summed E-state index contributed by atoms with van der Waals surface area (Å²) in [5.74, 6) is -0.0728. The first kappa shape index (κ1) is 18.7. The third-order valence-electron chi connectivity index (χ3n) is 5.67. The average molecular weight is 357 g/mol. The highest BCUT2D eigenvalue weighted by atomic mass is 16.2. The maximum absolute atomic E-state index is 12.9. The molecular weight excluding hydrogens is 326 g/mol. The summed E-state index contributed by atoms with van der Waals surface area (Å²) in [4.78, 5) is 27.3. The Balaban J connectivity index is 1.65. The van der Waals surface area contributed by atoms with Crippen LogP contribution in [0.3, 0.4) is 0 Å². The second kappa shape index (κ2) is 8.11. The zero-order valence-corrected chi connectivity index (χ0v) is 16.2. The van der Waals surface area contributed by atoms with Crippen LogP contribution in [0.15, 0.2) is 12.1 Å². The van der Waals surface area contributed by atoms with Crippen molar-refractivity contribution in [3.05, 3.63) is 28.8 Å². The van der Waals surface area contributed by atoms with Crippen LogP contribution in [0.5, 0.6) is 0 Å². The Morgan fingerprint density at radius 3 is 2.27 bits per heavy atom. The van der Waals surface area contributed by atoms with Crippen molar-refractivity contribution in [3.63, 3.8) is 0 Å². The number of urea groups is 1. The fourth-order valence-electron chi connectivity index (χ4n) is 4.37. The molecule has 142 valence electrons. The highest BCUT2D eigenvalue weighted by molar-refractivity contribution is 5.98. The lowest BCUT2D eigenvalue weighted by Crippen LogP contribution is -2.50. The number of carbonyl (C=O) groups excluding carboxylic acids is 2. The van der Waals surface area contributed by atoms with Crippen LogP contribution in [0.2, 0.25) is 0 Å². The third kappa shape index (κ3) is 4.19. The Morgan fingerprint density at radius 1 is 0.962 bits per heavy atom. The predicted octanol–water partition coefficient (Wildman–Crippen LogP) is 4.06. The Labute approximate surface area is 156 Å². The maximum Gasteiger partial charge on any atom is 0.318 e. The number of benzene rings is 1. The van der Waals surface area contributed by atoms with E-state index in [9.17, 15) is 9.59 Å². The van der Waals surface area contributed by atoms with E-state index >= 15 is 0 Å². The van der Waals surface area contributed by atoms with E-state index in [1.807, 2.05) is 13.8 Å². The van der Waals surface area contributed by atoms with Crippen LogP contribution < -0.4 is 10.6 Å². The van der Waals surface area contributed by atoms with Gasteiger partial charge in [-0.2, -0.15) is 0 Å². The number of aryl methyl sites for hydroxylation is 3. The van der Waals surface area contributed by atoms with E-state index in [0.717, 1.165) is 42.5 Å². The van der Waals surface area contributed by atoms with Crippen molar-refractivity contribution in [1.29, 1.82) is 0 Å². The number of rotatable bonds is 3. The minimum absolute atomic E-state index is 0.0728. The highest BCUT2D eigenvalue weighted by Gasteiger charge is 2.35. The van der Waals surface area contributed by atoms with Crippen molar-refractivity contribution in [2.75, 3.05) is 11.9 Å². The molecule has 1 aliphatic carbocycles. The number of likely N-dealkylation sites (tertiary alicyclic amines) is 1. The van der Waals surface area contributed by atoms with Gasteiger partial charge in [0.2, 0.25) is 5.91 Å². The molecule has 3 rings (SSSR count). The van der Waals surface area contributed by atoms with Crippen LogP contribution >= 0.6 is 0 Å². The van der Waals surface area contributed by atoms with Crippen molar-refractivity contribution < 1.29 is 9.59 Å². The molecule has 1 heterocycles. The van der Waals surface area contributed by atoms with E-state index in [1.54, 1.807) is 4.90 Å². The van der Waals surface area contributed by atoms with E-state index in [-0.39, 0.29) is 24.0 Å². The molecular formula is C21H31N3O2. The molecule has 2 N–H and O–H groups in total. The molecule has 1 saturated heterocycles. The van der Waals surface area contributed by atoms with Gasteiger partial charge in [0.05, 0.1) is 0 Å². The van der Waals surface area contributed by atoms with Gasteiger partial charge >= 0.3 is 6.03 Å². The lowest BCUT2D eigenvalue weighted by Gasteiger charge is -2.29. The molecule has 1 aromatic rings. The van der Waals surface area contributed by atoms with E-state index in [1.165, 1.54) is 24.8 Å². The zero-order chi connectivity index (χ0) is 18.7. The van der Waals surface area contributed by atoms with Crippen molar-refractivity contribution in [1.82, 2.24) is 10.2 Å². The molecule has 2 fully saturated rings. The number of anilines is 1. The monoisotopic (exact) mass is 357 g/mol. The molecule has 0 aromatic heterocycles. The zero-order valence-electron chi connectivity index (χ0n) is 16.2. The Bertz CT molecular complexity index is 657. The number of hydrogen-bond donors (Lipinski definition) is 2. The van der Waals surface area contributed by atoms with Crippen molar-refractivity contribution in [2.24, 2.45) is 0 Å². The average Bonchev–Trinajstić information content (AvgIpc) is 3.09. The summed E-state index contributed by atoms with van der Waals surface area (Å²) in [6.07, 6.45) is 7.34. The topological polar surface area (TPSA) is 61.4 Å². The Hall–Kier alpha value is -2.04. The van der Waals surface area contributed by atoms with Gasteiger partial charge in [0.1, 0.15) is 6.04 Å². The van der Waals surface area contributed by atoms with Gasteiger partial charge in [-0.1, -0.05) is 37.0 Å². The molecule has 3 amide bonds. The normalized spacial score (nSPS) is 20.9. The van der Waals surface area contributed by atoms with E-state index in [4.69, 9.17) is 0 Å². The van der Waals surface area contributed by atoms with Crippen molar-refractivity contribution >= 4 is 17.6 Å². The predicted molar refractivity (Wildman–Crippen MR) is 104 cm³/mol. The fourth-order valence-corrected chi connectivity index (χ4v) is 4.37. The molecule has 5 nitrogen and oxygen atoms in total. The molecule has 2 aliphatic rings. The molecule has 26 heavy (non-hydrogen) atoms. The fraction of sp³-hybridized carbons (Fsp3) is 0.619. The van der Waals surface area contributed by atoms with Gasteiger partial charge in [-0.05, 0) is 57.6 Å². The van der Waals surface area contributed by atoms with Gasteiger partial charge in [-0.3, -0.25) is 4.79 Å². The Kier molecular flexibility index (Phi) is 5.84. The maximum atomic E-state index is 12.9. The van der Waals surface area contributed by atoms with Gasteiger partial charge in [0, 0.05) is 18.3 Å². The number of amides is 3. The second-order valence-electron chi connectivity index (χ2n) is 7.90. The first-order valence-electron chi connectivity index (χ1n) is 9.91. The van der Waals surface area contributed by atoms with Gasteiger partial charge in [0.25, 0.3) is 0 Å². The summed E-state index contributed by atoms with van der Waals surface area (Å²) < 4.78 is 0. The molecule has 0 unspecified atom stereocenters. The standard InChI is InChI=1S/C21H31N3O2/c1-14-12-15(2)19(16(3)13-14)23-20(25)18-10-7-11-24(18)21(26)22-17-8-5-4-6-9-17/h12-13,17-18H,4-11H2,1-3H3,(H,22,26)(H,23,25)/t18-/m1/s1. The minimum Gasteiger partial charge on any atom is -0.335 e. The summed E-state index contributed by atoms with van der Waals surface area (Å²) >= 11 is 0. The lowest BCUT2D eigenvalue weighted by molar-refractivity contribution is -0.119. The first-order valence-corrected chi connectivity index (χ1v) is 9.91. The number of carbonyl (C=O) groups is 2. The molecule has 0 radical (unpaired) electrons. The molecule has 1 aliphatic heterocycles. The quantitative estimate of drug-likeness (QED) is 0.857. The van der Waals surface area contributed by atoms with Gasteiger partial charge in [-0.25, -0.2) is 4.79 Å². The molecule has 0 spiro atoms. The molecule has 1 saturated carbocycles. The summed E-state index contributed by atoms with van der Waals surface area (Å²) in [6, 6.07) is 3.96. The smallest absolute Gasteiger partial charge is 0.318 e. The summed E-state index contributed by atoms with van der Waals surface area (Å²) in [7, 11) is 0. The van der Waals surface area contributed by atoms with Crippen LogP contribution in [-0.4, -0.2) is 35.5 Å². The van der Waals surface area contributed by atoms with E-state index < -0.39 is 0 Å². The summed E-state index contributed by atoms with van der Waals surface area (Å²) in [5.41, 5.74) is 4.19. The van der Waals surface area contributed by atoms with E-state index in [2.05, 4.69) is 29.7 Å². The van der Waals surface area contributed by atoms with Gasteiger partial charge in [0.15, 0.2) is 0 Å². The molecule has 1 aromatic carbocycles. The molecule has 5 heteroatoms. The number of hydrogen-bond acceptors (Lipinski definition) is 2. The molecule has 0 bridgehead atoms. The van der Waals surface area contributed by atoms with E-state index in [0.29, 0.717) is 6.54 Å². The van der Waals surface area contributed by atoms with Crippen molar-refractivity contribution in [2.45, 2.75) is 77.8 Å². The summed E-state index contributed by atoms with van der Waals surface area (Å²) in [6.45, 7) is 6.73. The van der Waals surface area contributed by atoms with Crippen LogP contribution in [-0.2, 0) is 4.79 Å². The number of nitrogens with one attached hydrogen (secondary N) is 2. The second-order valence-corrected chi connectivity index (χ2v) is 7.90. The van der Waals surface area contributed by atoms with Crippen molar-refractivity contribution in [3.8, 4) is 0 Å².